The second-order valence-corrected chi connectivity index (χ2v) is 5.19. The van der Waals surface area contributed by atoms with Crippen LogP contribution in [0.15, 0.2) is 29.2 Å². The third-order valence-corrected chi connectivity index (χ3v) is 3.81. The number of nitrogens with one attached hydrogen (secondary N) is 1. The number of anilines is 1. The lowest BCUT2D eigenvalue weighted by Gasteiger charge is -2.17. The fourth-order valence-corrected chi connectivity index (χ4v) is 2.73. The number of carbonyl (C=O) groups excluding carboxylic acids is 1. The summed E-state index contributed by atoms with van der Waals surface area (Å²) in [5.74, 6) is 1.02. The zero-order valence-corrected chi connectivity index (χ0v) is 15.8. The summed E-state index contributed by atoms with van der Waals surface area (Å²) >= 11 is 3.94. The van der Waals surface area contributed by atoms with Crippen molar-refractivity contribution in [2.45, 2.75) is 25.7 Å². The first-order valence-corrected chi connectivity index (χ1v) is 9.91. The highest BCUT2D eigenvalue weighted by Gasteiger charge is 2.05. The van der Waals surface area contributed by atoms with Crippen molar-refractivity contribution in [1.29, 1.82) is 0 Å². The molecule has 0 heterocycles. The zero-order chi connectivity index (χ0) is 15.4. The number of rotatable bonds is 7. The minimum atomic E-state index is -0.0215. The van der Waals surface area contributed by atoms with Gasteiger partial charge in [0.25, 0.3) is 0 Å². The summed E-state index contributed by atoms with van der Waals surface area (Å²) in [7, 11) is 0. The third-order valence-electron chi connectivity index (χ3n) is 2.76. The van der Waals surface area contributed by atoms with Crippen LogP contribution in [0.5, 0.6) is 0 Å². The number of benzene rings is 1. The highest BCUT2D eigenvalue weighted by atomic mass is 127. The van der Waals surface area contributed by atoms with E-state index in [-0.39, 0.29) is 5.91 Å². The Morgan fingerprint density at radius 3 is 2.40 bits per heavy atom. The van der Waals surface area contributed by atoms with Crippen molar-refractivity contribution < 1.29 is 4.79 Å². The first-order valence-electron chi connectivity index (χ1n) is 6.77. The van der Waals surface area contributed by atoms with Crippen molar-refractivity contribution in [2.24, 2.45) is 0 Å². The molecule has 0 aromatic heterocycles. The average Bonchev–Trinajstić information content (AvgIpc) is 2.47. The van der Waals surface area contributed by atoms with Gasteiger partial charge in [0.15, 0.2) is 0 Å². The van der Waals surface area contributed by atoms with E-state index in [2.05, 4.69) is 52.7 Å². The van der Waals surface area contributed by atoms with E-state index in [0.29, 0.717) is 0 Å². The summed E-state index contributed by atoms with van der Waals surface area (Å²) in [6.45, 7) is 9.15. The van der Waals surface area contributed by atoms with Gasteiger partial charge in [-0.25, -0.2) is 0 Å². The maximum Gasteiger partial charge on any atom is 0.221 e. The maximum atomic E-state index is 11.1. The van der Waals surface area contributed by atoms with Crippen LogP contribution < -0.4 is 5.32 Å². The van der Waals surface area contributed by atoms with Gasteiger partial charge < -0.3 is 10.2 Å². The molecule has 0 aliphatic carbocycles. The molecule has 0 aliphatic heterocycles. The zero-order valence-electron chi connectivity index (χ0n) is 12.8. The molecule has 3 nitrogen and oxygen atoms in total. The Balaban J connectivity index is 0.00000172. The topological polar surface area (TPSA) is 32.3 Å². The molecule has 0 saturated carbocycles. The summed E-state index contributed by atoms with van der Waals surface area (Å²) < 4.78 is 0. The molecule has 0 bridgehead atoms. The Bertz CT molecular complexity index is 384. The first kappa shape index (κ1) is 19.7. The summed E-state index contributed by atoms with van der Waals surface area (Å²) in [6, 6.07) is 7.95. The van der Waals surface area contributed by atoms with Crippen LogP contribution in [-0.4, -0.2) is 41.1 Å². The Hall–Kier alpha value is -0.270. The smallest absolute Gasteiger partial charge is 0.221 e. The first-order chi connectivity index (χ1) is 9.67. The van der Waals surface area contributed by atoms with Crippen molar-refractivity contribution in [3.63, 3.8) is 0 Å². The standard InChI is InChI=1S/C14H22N2OS.CH3I/c1-4-16(5-2)10-11-18-14-9-7-6-8-13(14)15-12(3)17;1-2/h6-9H,4-5,10-11H2,1-3H3,(H,15,17);1H3. The van der Waals surface area contributed by atoms with Crippen LogP contribution in [0, 0.1) is 0 Å². The highest BCUT2D eigenvalue weighted by Crippen LogP contribution is 2.26. The number of carbonyl (C=O) groups is 1. The Morgan fingerprint density at radius 1 is 1.25 bits per heavy atom. The van der Waals surface area contributed by atoms with Gasteiger partial charge in [0, 0.05) is 24.1 Å². The van der Waals surface area contributed by atoms with E-state index in [1.165, 1.54) is 6.92 Å². The molecular formula is C15H25IN2OS. The maximum absolute atomic E-state index is 11.1. The molecule has 1 rings (SSSR count). The minimum absolute atomic E-state index is 0.0215. The molecule has 1 N–H and O–H groups in total. The van der Waals surface area contributed by atoms with Crippen LogP contribution in [0.1, 0.15) is 20.8 Å². The van der Waals surface area contributed by atoms with E-state index in [4.69, 9.17) is 0 Å². The Labute approximate surface area is 141 Å². The summed E-state index contributed by atoms with van der Waals surface area (Å²) in [5, 5.41) is 2.87. The number of hydrogen-bond acceptors (Lipinski definition) is 3. The number of halogens is 1. The van der Waals surface area contributed by atoms with E-state index in [0.717, 1.165) is 36.0 Å². The van der Waals surface area contributed by atoms with E-state index < -0.39 is 0 Å². The van der Waals surface area contributed by atoms with Gasteiger partial charge in [-0.05, 0) is 30.2 Å². The second-order valence-electron chi connectivity index (χ2n) is 4.05. The van der Waals surface area contributed by atoms with E-state index in [1.807, 2.05) is 23.1 Å². The van der Waals surface area contributed by atoms with Crippen LogP contribution in [0.2, 0.25) is 0 Å². The molecular weight excluding hydrogens is 383 g/mol. The van der Waals surface area contributed by atoms with Gasteiger partial charge >= 0.3 is 0 Å². The normalized spacial score (nSPS) is 9.90. The molecule has 0 atom stereocenters. The summed E-state index contributed by atoms with van der Waals surface area (Å²) in [6.07, 6.45) is 0. The third kappa shape index (κ3) is 8.11. The highest BCUT2D eigenvalue weighted by molar-refractivity contribution is 14.1. The fraction of sp³-hybridized carbons (Fsp3) is 0.533. The fourth-order valence-electron chi connectivity index (χ4n) is 1.71. The Kier molecular flexibility index (Phi) is 12.3. The molecule has 0 radical (unpaired) electrons. The number of para-hydroxylation sites is 1. The van der Waals surface area contributed by atoms with Crippen LogP contribution in [-0.2, 0) is 4.79 Å². The molecule has 0 fully saturated rings. The van der Waals surface area contributed by atoms with Crippen molar-refractivity contribution in [1.82, 2.24) is 4.90 Å². The monoisotopic (exact) mass is 408 g/mol. The van der Waals surface area contributed by atoms with E-state index >= 15 is 0 Å². The van der Waals surface area contributed by atoms with Crippen molar-refractivity contribution in [2.75, 3.05) is 35.6 Å². The lowest BCUT2D eigenvalue weighted by Crippen LogP contribution is -2.25. The average molecular weight is 408 g/mol. The summed E-state index contributed by atoms with van der Waals surface area (Å²) in [4.78, 5) is 16.6. The van der Waals surface area contributed by atoms with Gasteiger partial charge in [0.1, 0.15) is 0 Å². The van der Waals surface area contributed by atoms with Crippen LogP contribution in [0.25, 0.3) is 0 Å². The molecule has 1 aromatic carbocycles. The van der Waals surface area contributed by atoms with Gasteiger partial charge in [-0.15, -0.1) is 11.8 Å². The van der Waals surface area contributed by atoms with Crippen molar-refractivity contribution in [3.8, 4) is 0 Å². The predicted molar refractivity (Wildman–Crippen MR) is 99.2 cm³/mol. The second kappa shape index (κ2) is 12.5. The lowest BCUT2D eigenvalue weighted by atomic mass is 10.3. The quantitative estimate of drug-likeness (QED) is 0.418. The van der Waals surface area contributed by atoms with Crippen LogP contribution in [0.3, 0.4) is 0 Å². The molecule has 1 aromatic rings. The lowest BCUT2D eigenvalue weighted by molar-refractivity contribution is -0.114. The Morgan fingerprint density at radius 2 is 1.85 bits per heavy atom. The largest absolute Gasteiger partial charge is 0.325 e. The van der Waals surface area contributed by atoms with E-state index in [1.54, 1.807) is 11.8 Å². The molecule has 1 amide bonds. The van der Waals surface area contributed by atoms with Crippen molar-refractivity contribution in [3.05, 3.63) is 24.3 Å². The van der Waals surface area contributed by atoms with Gasteiger partial charge in [0.05, 0.1) is 5.69 Å². The number of nitrogens with zero attached hydrogens (tertiary/aromatic N) is 1. The van der Waals surface area contributed by atoms with Gasteiger partial charge in [-0.3, -0.25) is 4.79 Å². The van der Waals surface area contributed by atoms with Crippen LogP contribution >= 0.6 is 34.4 Å². The number of amides is 1. The van der Waals surface area contributed by atoms with Gasteiger partial charge in [0.2, 0.25) is 5.91 Å². The number of thioether (sulfide) groups is 1. The molecule has 114 valence electrons. The van der Waals surface area contributed by atoms with Crippen LogP contribution in [0.4, 0.5) is 5.69 Å². The number of alkyl halides is 1. The SMILES string of the molecule is CCN(CC)CCSc1ccccc1NC(C)=O.CI. The molecule has 0 saturated heterocycles. The molecule has 0 spiro atoms. The van der Waals surface area contributed by atoms with Crippen molar-refractivity contribution >= 4 is 45.9 Å². The molecule has 5 heteroatoms. The molecule has 0 unspecified atom stereocenters. The molecule has 20 heavy (non-hydrogen) atoms. The van der Waals surface area contributed by atoms with Gasteiger partial charge in [-0.1, -0.05) is 48.6 Å². The van der Waals surface area contributed by atoms with Gasteiger partial charge in [-0.2, -0.15) is 0 Å². The number of hydrogen-bond donors (Lipinski definition) is 1. The summed E-state index contributed by atoms with van der Waals surface area (Å²) in [5.41, 5.74) is 0.912. The predicted octanol–water partition coefficient (Wildman–Crippen LogP) is 4.13. The molecule has 0 aliphatic rings. The minimum Gasteiger partial charge on any atom is -0.325 e. The van der Waals surface area contributed by atoms with E-state index in [9.17, 15) is 4.79 Å².